The third-order valence-corrected chi connectivity index (χ3v) is 4.26. The molecule has 24 heavy (non-hydrogen) atoms. The molecular formula is C19H21BrN2O2. The van der Waals surface area contributed by atoms with Crippen molar-refractivity contribution in [2.24, 2.45) is 0 Å². The van der Waals surface area contributed by atoms with Crippen molar-refractivity contribution in [3.8, 4) is 0 Å². The average molecular weight is 389 g/mol. The first-order valence-corrected chi connectivity index (χ1v) is 8.71. The fourth-order valence-electron chi connectivity index (χ4n) is 2.35. The normalized spacial score (nSPS) is 10.3. The maximum Gasteiger partial charge on any atom is 0.226 e. The smallest absolute Gasteiger partial charge is 0.226 e. The molecule has 2 rings (SSSR count). The Balaban J connectivity index is 1.96. The lowest BCUT2D eigenvalue weighted by Gasteiger charge is -2.21. The van der Waals surface area contributed by atoms with Gasteiger partial charge in [0.15, 0.2) is 0 Å². The number of carbonyl (C=O) groups excluding carboxylic acids is 2. The second-order valence-corrected chi connectivity index (χ2v) is 6.41. The van der Waals surface area contributed by atoms with Crippen LogP contribution in [0, 0.1) is 0 Å². The summed E-state index contributed by atoms with van der Waals surface area (Å²) in [6.07, 6.45) is 1.20. The number of hydrogen-bond acceptors (Lipinski definition) is 2. The highest BCUT2D eigenvalue weighted by Gasteiger charge is 2.13. The van der Waals surface area contributed by atoms with E-state index in [2.05, 4.69) is 28.2 Å². The summed E-state index contributed by atoms with van der Waals surface area (Å²) < 4.78 is 0.957. The zero-order chi connectivity index (χ0) is 17.5. The van der Waals surface area contributed by atoms with E-state index in [0.29, 0.717) is 6.54 Å². The maximum absolute atomic E-state index is 12.1. The SMILES string of the molecule is CCc1ccc(N(CCC(=O)Nc2ccc(Br)cc2)C(C)=O)cc1. The van der Waals surface area contributed by atoms with Crippen LogP contribution in [0.3, 0.4) is 0 Å². The molecule has 0 aliphatic heterocycles. The molecule has 0 aliphatic rings. The van der Waals surface area contributed by atoms with Crippen molar-refractivity contribution in [1.29, 1.82) is 0 Å². The minimum atomic E-state index is -0.117. The molecule has 0 saturated carbocycles. The van der Waals surface area contributed by atoms with Gasteiger partial charge in [-0.05, 0) is 48.4 Å². The van der Waals surface area contributed by atoms with Crippen LogP contribution in [0.1, 0.15) is 25.8 Å². The van der Waals surface area contributed by atoms with Crippen LogP contribution in [0.25, 0.3) is 0 Å². The van der Waals surface area contributed by atoms with E-state index in [-0.39, 0.29) is 18.2 Å². The van der Waals surface area contributed by atoms with E-state index in [1.807, 2.05) is 48.5 Å². The first-order valence-electron chi connectivity index (χ1n) is 7.92. The summed E-state index contributed by atoms with van der Waals surface area (Å²) in [6.45, 7) is 3.95. The van der Waals surface area contributed by atoms with Gasteiger partial charge in [-0.2, -0.15) is 0 Å². The van der Waals surface area contributed by atoms with E-state index in [9.17, 15) is 9.59 Å². The Hall–Kier alpha value is -2.14. The second-order valence-electron chi connectivity index (χ2n) is 5.50. The van der Waals surface area contributed by atoms with Crippen LogP contribution in [-0.2, 0) is 16.0 Å². The highest BCUT2D eigenvalue weighted by atomic mass is 79.9. The Kier molecular flexibility index (Phi) is 6.55. The largest absolute Gasteiger partial charge is 0.326 e. The Morgan fingerprint density at radius 2 is 1.67 bits per heavy atom. The van der Waals surface area contributed by atoms with Gasteiger partial charge in [-0.3, -0.25) is 9.59 Å². The predicted octanol–water partition coefficient (Wildman–Crippen LogP) is 4.39. The van der Waals surface area contributed by atoms with Gasteiger partial charge >= 0.3 is 0 Å². The lowest BCUT2D eigenvalue weighted by atomic mass is 10.1. The molecule has 0 aromatic heterocycles. The number of carbonyl (C=O) groups is 2. The first kappa shape index (κ1) is 18.2. The molecule has 0 heterocycles. The molecule has 0 bridgehead atoms. The van der Waals surface area contributed by atoms with Crippen LogP contribution in [0.15, 0.2) is 53.0 Å². The van der Waals surface area contributed by atoms with Crippen LogP contribution in [0.4, 0.5) is 11.4 Å². The van der Waals surface area contributed by atoms with Gasteiger partial charge in [0.2, 0.25) is 11.8 Å². The quantitative estimate of drug-likeness (QED) is 0.797. The number of anilines is 2. The van der Waals surface area contributed by atoms with E-state index in [0.717, 1.165) is 22.3 Å². The zero-order valence-electron chi connectivity index (χ0n) is 13.9. The van der Waals surface area contributed by atoms with E-state index in [1.165, 1.54) is 12.5 Å². The number of rotatable bonds is 6. The Labute approximate surface area is 151 Å². The fraction of sp³-hybridized carbons (Fsp3) is 0.263. The minimum absolute atomic E-state index is 0.0734. The molecule has 1 N–H and O–H groups in total. The van der Waals surface area contributed by atoms with Crippen molar-refractivity contribution >= 4 is 39.1 Å². The van der Waals surface area contributed by atoms with Crippen molar-refractivity contribution in [2.75, 3.05) is 16.8 Å². The summed E-state index contributed by atoms with van der Waals surface area (Å²) in [4.78, 5) is 25.6. The first-order chi connectivity index (χ1) is 11.5. The Morgan fingerprint density at radius 3 is 2.21 bits per heavy atom. The van der Waals surface area contributed by atoms with E-state index < -0.39 is 0 Å². The van der Waals surface area contributed by atoms with Gasteiger partial charge < -0.3 is 10.2 Å². The van der Waals surface area contributed by atoms with Crippen molar-refractivity contribution in [1.82, 2.24) is 0 Å². The van der Waals surface area contributed by atoms with Gasteiger partial charge in [0.25, 0.3) is 0 Å². The highest BCUT2D eigenvalue weighted by molar-refractivity contribution is 9.10. The molecule has 2 aromatic carbocycles. The summed E-state index contributed by atoms with van der Waals surface area (Å²) in [5.74, 6) is -0.190. The third kappa shape index (κ3) is 5.20. The van der Waals surface area contributed by atoms with Crippen LogP contribution in [0.5, 0.6) is 0 Å². The van der Waals surface area contributed by atoms with E-state index >= 15 is 0 Å². The van der Waals surface area contributed by atoms with Crippen molar-refractivity contribution in [2.45, 2.75) is 26.7 Å². The lowest BCUT2D eigenvalue weighted by molar-refractivity contribution is -0.117. The molecule has 2 amide bonds. The molecule has 0 aliphatic carbocycles. The number of amides is 2. The number of halogens is 1. The predicted molar refractivity (Wildman–Crippen MR) is 101 cm³/mol. The molecular weight excluding hydrogens is 368 g/mol. The van der Waals surface area contributed by atoms with Gasteiger partial charge in [-0.1, -0.05) is 35.0 Å². The van der Waals surface area contributed by atoms with Crippen molar-refractivity contribution < 1.29 is 9.59 Å². The van der Waals surface area contributed by atoms with E-state index in [1.54, 1.807) is 4.90 Å². The number of nitrogens with one attached hydrogen (secondary N) is 1. The summed E-state index contributed by atoms with van der Waals surface area (Å²) in [7, 11) is 0. The van der Waals surface area contributed by atoms with Crippen LogP contribution >= 0.6 is 15.9 Å². The number of benzene rings is 2. The van der Waals surface area contributed by atoms with E-state index in [4.69, 9.17) is 0 Å². The number of nitrogens with zero attached hydrogens (tertiary/aromatic N) is 1. The zero-order valence-corrected chi connectivity index (χ0v) is 15.5. The third-order valence-electron chi connectivity index (χ3n) is 3.73. The fourth-order valence-corrected chi connectivity index (χ4v) is 2.61. The van der Waals surface area contributed by atoms with Crippen molar-refractivity contribution in [3.63, 3.8) is 0 Å². The second kappa shape index (κ2) is 8.64. The molecule has 0 saturated heterocycles. The molecule has 5 heteroatoms. The molecule has 2 aromatic rings. The molecule has 0 fully saturated rings. The van der Waals surface area contributed by atoms with Gasteiger partial charge in [0, 0.05) is 35.7 Å². The number of aryl methyl sites for hydroxylation is 1. The summed E-state index contributed by atoms with van der Waals surface area (Å²) in [5.41, 5.74) is 2.77. The molecule has 126 valence electrons. The van der Waals surface area contributed by atoms with Crippen LogP contribution in [-0.4, -0.2) is 18.4 Å². The summed E-state index contributed by atoms with van der Waals surface area (Å²) in [5, 5.41) is 2.84. The highest BCUT2D eigenvalue weighted by Crippen LogP contribution is 2.17. The van der Waals surface area contributed by atoms with Crippen LogP contribution in [0.2, 0.25) is 0 Å². The van der Waals surface area contributed by atoms with Crippen molar-refractivity contribution in [3.05, 3.63) is 58.6 Å². The van der Waals surface area contributed by atoms with Crippen LogP contribution < -0.4 is 10.2 Å². The van der Waals surface area contributed by atoms with Gasteiger partial charge in [0.05, 0.1) is 0 Å². The molecule has 0 radical (unpaired) electrons. The summed E-state index contributed by atoms with van der Waals surface area (Å²) in [6, 6.07) is 15.3. The molecule has 4 nitrogen and oxygen atoms in total. The average Bonchev–Trinajstić information content (AvgIpc) is 2.57. The van der Waals surface area contributed by atoms with Gasteiger partial charge in [0.1, 0.15) is 0 Å². The molecule has 0 atom stereocenters. The van der Waals surface area contributed by atoms with Gasteiger partial charge in [-0.25, -0.2) is 0 Å². The molecule has 0 unspecified atom stereocenters. The standard InChI is InChI=1S/C19H21BrN2O2/c1-3-15-4-10-18(11-5-15)22(14(2)23)13-12-19(24)21-17-8-6-16(20)7-9-17/h4-11H,3,12-13H2,1-2H3,(H,21,24). The maximum atomic E-state index is 12.1. The Morgan fingerprint density at radius 1 is 1.04 bits per heavy atom. The lowest BCUT2D eigenvalue weighted by Crippen LogP contribution is -2.31. The minimum Gasteiger partial charge on any atom is -0.326 e. The monoisotopic (exact) mass is 388 g/mol. The summed E-state index contributed by atoms with van der Waals surface area (Å²) >= 11 is 3.36. The molecule has 0 spiro atoms. The van der Waals surface area contributed by atoms with Gasteiger partial charge in [-0.15, -0.1) is 0 Å². The number of hydrogen-bond donors (Lipinski definition) is 1. The Bertz CT molecular complexity index is 696. The topological polar surface area (TPSA) is 49.4 Å².